The lowest BCUT2D eigenvalue weighted by molar-refractivity contribution is -0.0849. The Morgan fingerprint density at radius 1 is 1.54 bits per heavy atom. The van der Waals surface area contributed by atoms with Crippen LogP contribution in [0.1, 0.15) is 19.8 Å². The third-order valence-corrected chi connectivity index (χ3v) is 2.34. The van der Waals surface area contributed by atoms with Crippen LogP contribution in [0.25, 0.3) is 0 Å². The Morgan fingerprint density at radius 2 is 2.08 bits per heavy atom. The normalized spacial score (nSPS) is 19.5. The second kappa shape index (κ2) is 3.54. The van der Waals surface area contributed by atoms with Crippen molar-refractivity contribution in [2.45, 2.75) is 25.4 Å². The SMILES string of the molecule is CCCC1(O)CN(C(=O)N(C)C)C1. The molecule has 2 amide bonds. The number of β-amino-alcohol motifs (C(OH)–C–C–N with tert-alkyl or cyclic N) is 1. The van der Waals surface area contributed by atoms with Gasteiger partial charge in [0.2, 0.25) is 0 Å². The third-order valence-electron chi connectivity index (χ3n) is 2.34. The number of carbonyl (C=O) groups excluding carboxylic acids is 1. The molecule has 1 N–H and O–H groups in total. The summed E-state index contributed by atoms with van der Waals surface area (Å²) >= 11 is 0. The number of amides is 2. The lowest BCUT2D eigenvalue weighted by atomic mass is 9.90. The fourth-order valence-electron chi connectivity index (χ4n) is 1.71. The molecule has 0 aromatic rings. The van der Waals surface area contributed by atoms with Crippen molar-refractivity contribution in [3.05, 3.63) is 0 Å². The number of urea groups is 1. The maximum Gasteiger partial charge on any atom is 0.319 e. The first-order valence-electron chi connectivity index (χ1n) is 4.67. The lowest BCUT2D eigenvalue weighted by Gasteiger charge is -2.47. The molecule has 0 unspecified atom stereocenters. The second-order valence-electron chi connectivity index (χ2n) is 4.01. The molecule has 0 aliphatic carbocycles. The molecule has 13 heavy (non-hydrogen) atoms. The minimum atomic E-state index is -0.611. The number of carbonyl (C=O) groups is 1. The van der Waals surface area contributed by atoms with Crippen molar-refractivity contribution in [1.29, 1.82) is 0 Å². The van der Waals surface area contributed by atoms with Gasteiger partial charge in [-0.3, -0.25) is 0 Å². The Kier molecular flexibility index (Phi) is 2.81. The number of likely N-dealkylation sites (tertiary alicyclic amines) is 1. The highest BCUT2D eigenvalue weighted by molar-refractivity contribution is 5.75. The van der Waals surface area contributed by atoms with Gasteiger partial charge in [-0.25, -0.2) is 4.79 Å². The van der Waals surface area contributed by atoms with Gasteiger partial charge in [0.1, 0.15) is 0 Å². The first-order valence-corrected chi connectivity index (χ1v) is 4.67. The summed E-state index contributed by atoms with van der Waals surface area (Å²) in [5, 5.41) is 9.80. The van der Waals surface area contributed by atoms with E-state index in [1.807, 2.05) is 6.92 Å². The van der Waals surface area contributed by atoms with Crippen molar-refractivity contribution in [3.63, 3.8) is 0 Å². The monoisotopic (exact) mass is 186 g/mol. The summed E-state index contributed by atoms with van der Waals surface area (Å²) < 4.78 is 0. The summed E-state index contributed by atoms with van der Waals surface area (Å²) in [5.41, 5.74) is -0.611. The molecule has 76 valence electrons. The van der Waals surface area contributed by atoms with Crippen LogP contribution < -0.4 is 0 Å². The van der Waals surface area contributed by atoms with Crippen molar-refractivity contribution in [3.8, 4) is 0 Å². The summed E-state index contributed by atoms with van der Waals surface area (Å²) in [6.07, 6.45) is 1.74. The molecule has 0 spiro atoms. The Morgan fingerprint density at radius 3 is 2.46 bits per heavy atom. The van der Waals surface area contributed by atoms with Gasteiger partial charge in [0, 0.05) is 14.1 Å². The summed E-state index contributed by atoms with van der Waals surface area (Å²) in [6, 6.07) is -0.0132. The third kappa shape index (κ3) is 2.12. The molecule has 1 aliphatic rings. The molecule has 0 saturated carbocycles. The van der Waals surface area contributed by atoms with E-state index in [-0.39, 0.29) is 6.03 Å². The predicted molar refractivity (Wildman–Crippen MR) is 50.5 cm³/mol. The zero-order valence-electron chi connectivity index (χ0n) is 8.58. The van der Waals surface area contributed by atoms with E-state index < -0.39 is 5.60 Å². The van der Waals surface area contributed by atoms with Crippen LogP contribution in [0.5, 0.6) is 0 Å². The van der Waals surface area contributed by atoms with E-state index in [2.05, 4.69) is 0 Å². The summed E-state index contributed by atoms with van der Waals surface area (Å²) in [5.74, 6) is 0. The zero-order valence-corrected chi connectivity index (χ0v) is 8.58. The topological polar surface area (TPSA) is 43.8 Å². The molecular formula is C9H18N2O2. The number of aliphatic hydroxyl groups is 1. The van der Waals surface area contributed by atoms with Gasteiger partial charge in [0.15, 0.2) is 0 Å². The molecule has 0 atom stereocenters. The van der Waals surface area contributed by atoms with Crippen LogP contribution in [0.3, 0.4) is 0 Å². The Labute approximate surface area is 79.1 Å². The Bertz CT molecular complexity index is 198. The Hall–Kier alpha value is -0.770. The maximum absolute atomic E-state index is 11.4. The largest absolute Gasteiger partial charge is 0.386 e. The number of hydrogen-bond donors (Lipinski definition) is 1. The molecule has 1 fully saturated rings. The predicted octanol–water partition coefficient (Wildman–Crippen LogP) is 0.515. The van der Waals surface area contributed by atoms with E-state index in [1.165, 1.54) is 4.90 Å². The van der Waals surface area contributed by atoms with Gasteiger partial charge < -0.3 is 14.9 Å². The molecular weight excluding hydrogens is 168 g/mol. The second-order valence-corrected chi connectivity index (χ2v) is 4.01. The van der Waals surface area contributed by atoms with Crippen molar-refractivity contribution >= 4 is 6.03 Å². The minimum absolute atomic E-state index is 0.0132. The van der Waals surface area contributed by atoms with Crippen LogP contribution >= 0.6 is 0 Å². The van der Waals surface area contributed by atoms with Crippen molar-refractivity contribution in [1.82, 2.24) is 9.80 Å². The van der Waals surface area contributed by atoms with Crippen LogP contribution in [0.2, 0.25) is 0 Å². The van der Waals surface area contributed by atoms with Crippen LogP contribution in [0, 0.1) is 0 Å². The summed E-state index contributed by atoms with van der Waals surface area (Å²) in [6.45, 7) is 3.00. The number of hydrogen-bond acceptors (Lipinski definition) is 2. The molecule has 1 saturated heterocycles. The smallest absolute Gasteiger partial charge is 0.319 e. The number of rotatable bonds is 2. The standard InChI is InChI=1S/C9H18N2O2/c1-4-5-9(13)6-11(7-9)8(12)10(2)3/h13H,4-7H2,1-3H3. The van der Waals surface area contributed by atoms with Crippen LogP contribution in [-0.2, 0) is 0 Å². The molecule has 1 heterocycles. The summed E-state index contributed by atoms with van der Waals surface area (Å²) in [4.78, 5) is 14.6. The van der Waals surface area contributed by atoms with Gasteiger partial charge in [-0.2, -0.15) is 0 Å². The van der Waals surface area contributed by atoms with Gasteiger partial charge in [-0.05, 0) is 6.42 Å². The highest BCUT2D eigenvalue weighted by Gasteiger charge is 2.43. The average molecular weight is 186 g/mol. The van der Waals surface area contributed by atoms with Crippen molar-refractivity contribution in [2.75, 3.05) is 27.2 Å². The lowest BCUT2D eigenvalue weighted by Crippen LogP contribution is -2.64. The van der Waals surface area contributed by atoms with Crippen LogP contribution in [0.4, 0.5) is 4.79 Å². The van der Waals surface area contributed by atoms with E-state index in [1.54, 1.807) is 19.0 Å². The van der Waals surface area contributed by atoms with E-state index in [0.29, 0.717) is 13.1 Å². The fraction of sp³-hybridized carbons (Fsp3) is 0.889. The first kappa shape index (κ1) is 10.3. The molecule has 4 heteroatoms. The minimum Gasteiger partial charge on any atom is -0.386 e. The summed E-state index contributed by atoms with van der Waals surface area (Å²) in [7, 11) is 3.44. The van der Waals surface area contributed by atoms with Crippen molar-refractivity contribution in [2.24, 2.45) is 0 Å². The molecule has 1 aliphatic heterocycles. The van der Waals surface area contributed by atoms with Crippen LogP contribution in [0.15, 0.2) is 0 Å². The van der Waals surface area contributed by atoms with Gasteiger partial charge in [-0.15, -0.1) is 0 Å². The average Bonchev–Trinajstić information content (AvgIpc) is 1.99. The maximum atomic E-state index is 11.4. The molecule has 0 aromatic heterocycles. The van der Waals surface area contributed by atoms with Gasteiger partial charge in [0.25, 0.3) is 0 Å². The van der Waals surface area contributed by atoms with Gasteiger partial charge in [0.05, 0.1) is 18.7 Å². The van der Waals surface area contributed by atoms with E-state index in [0.717, 1.165) is 12.8 Å². The quantitative estimate of drug-likeness (QED) is 0.683. The van der Waals surface area contributed by atoms with E-state index >= 15 is 0 Å². The molecule has 0 aromatic carbocycles. The van der Waals surface area contributed by atoms with E-state index in [9.17, 15) is 9.90 Å². The highest BCUT2D eigenvalue weighted by Crippen LogP contribution is 2.26. The number of nitrogens with zero attached hydrogens (tertiary/aromatic N) is 2. The highest BCUT2D eigenvalue weighted by atomic mass is 16.3. The molecule has 0 radical (unpaired) electrons. The zero-order chi connectivity index (χ0) is 10.1. The van der Waals surface area contributed by atoms with Gasteiger partial charge in [-0.1, -0.05) is 13.3 Å². The Balaban J connectivity index is 2.36. The van der Waals surface area contributed by atoms with E-state index in [4.69, 9.17) is 0 Å². The molecule has 4 nitrogen and oxygen atoms in total. The van der Waals surface area contributed by atoms with Gasteiger partial charge >= 0.3 is 6.03 Å². The van der Waals surface area contributed by atoms with Crippen molar-refractivity contribution < 1.29 is 9.90 Å². The first-order chi connectivity index (χ1) is 5.98. The molecule has 0 bridgehead atoms. The molecule has 1 rings (SSSR count). The van der Waals surface area contributed by atoms with Crippen LogP contribution in [-0.4, -0.2) is 53.7 Å². The fourth-order valence-corrected chi connectivity index (χ4v) is 1.71.